The molecule has 2 aliphatic heterocycles. The second kappa shape index (κ2) is 8.54. The van der Waals surface area contributed by atoms with Gasteiger partial charge in [-0.05, 0) is 86.4 Å². The number of nitrogens with one attached hydrogen (secondary N) is 2. The Hall–Kier alpha value is -3.35. The Morgan fingerprint density at radius 2 is 1.70 bits per heavy atom. The molecule has 2 saturated heterocycles. The molecule has 4 amide bonds. The second-order valence-corrected chi connectivity index (χ2v) is 9.43. The lowest BCUT2D eigenvalue weighted by Crippen LogP contribution is -2.42. The van der Waals surface area contributed by atoms with E-state index in [4.69, 9.17) is 0 Å². The van der Waals surface area contributed by atoms with Crippen molar-refractivity contribution in [2.24, 2.45) is 0 Å². The van der Waals surface area contributed by atoms with E-state index < -0.39 is 23.4 Å². The van der Waals surface area contributed by atoms with Crippen molar-refractivity contribution in [2.75, 3.05) is 29.9 Å². The third-order valence-corrected chi connectivity index (χ3v) is 7.12. The average Bonchev–Trinajstić information content (AvgIpc) is 3.38. The lowest BCUT2D eigenvalue weighted by atomic mass is 9.89. The summed E-state index contributed by atoms with van der Waals surface area (Å²) in [6.07, 6.45) is 6.84. The predicted octanol–water partition coefficient (Wildman–Crippen LogP) is 3.57. The summed E-state index contributed by atoms with van der Waals surface area (Å²) in [7, 11) is 0. The van der Waals surface area contributed by atoms with Crippen LogP contribution in [-0.2, 0) is 28.0 Å². The first-order valence-corrected chi connectivity index (χ1v) is 11.9. The smallest absolute Gasteiger partial charge is 0.325 e. The normalized spacial score (nSPS) is 22.3. The highest BCUT2D eigenvalue weighted by Crippen LogP contribution is 2.32. The van der Waals surface area contributed by atoms with Crippen LogP contribution in [0.15, 0.2) is 42.5 Å². The number of benzene rings is 2. The molecule has 3 aliphatic rings. The highest BCUT2D eigenvalue weighted by molar-refractivity contribution is 6.10. The minimum Gasteiger partial charge on any atom is -0.372 e. The van der Waals surface area contributed by atoms with Gasteiger partial charge >= 0.3 is 6.03 Å². The fourth-order valence-electron chi connectivity index (χ4n) is 5.17. The van der Waals surface area contributed by atoms with Gasteiger partial charge in [0, 0.05) is 24.5 Å². The summed E-state index contributed by atoms with van der Waals surface area (Å²) in [6.45, 7) is 3.50. The molecule has 1 unspecified atom stereocenters. The van der Waals surface area contributed by atoms with E-state index in [1.54, 1.807) is 6.92 Å². The molecule has 1 aliphatic carbocycles. The van der Waals surface area contributed by atoms with Gasteiger partial charge in [0.2, 0.25) is 5.91 Å². The van der Waals surface area contributed by atoms with Crippen LogP contribution in [0.25, 0.3) is 0 Å². The molecule has 2 aromatic rings. The van der Waals surface area contributed by atoms with Crippen LogP contribution in [0.4, 0.5) is 16.2 Å². The molecule has 7 heteroatoms. The zero-order valence-electron chi connectivity index (χ0n) is 19.0. The number of rotatable bonds is 5. The SMILES string of the molecule is CC1(c2ccc3c(c2)CCC3)NC(=O)N(CC(=O)Nc2ccc(N3CCCCC3)cc2)C1=O. The first kappa shape index (κ1) is 21.5. The van der Waals surface area contributed by atoms with Crippen molar-refractivity contribution in [3.05, 3.63) is 59.2 Å². The molecular formula is C26H30N4O3. The van der Waals surface area contributed by atoms with E-state index in [1.165, 1.54) is 30.4 Å². The van der Waals surface area contributed by atoms with E-state index in [9.17, 15) is 14.4 Å². The summed E-state index contributed by atoms with van der Waals surface area (Å²) >= 11 is 0. The molecule has 0 aromatic heterocycles. The number of carbonyl (C=O) groups excluding carboxylic acids is 3. The van der Waals surface area contributed by atoms with E-state index in [1.807, 2.05) is 42.5 Å². The molecular weight excluding hydrogens is 416 g/mol. The summed E-state index contributed by atoms with van der Waals surface area (Å²) < 4.78 is 0. The number of piperidine rings is 1. The maximum Gasteiger partial charge on any atom is 0.325 e. The molecule has 0 radical (unpaired) electrons. The van der Waals surface area contributed by atoms with Gasteiger partial charge in [0.05, 0.1) is 0 Å². The van der Waals surface area contributed by atoms with Crippen molar-refractivity contribution in [2.45, 2.75) is 51.0 Å². The maximum absolute atomic E-state index is 13.2. The van der Waals surface area contributed by atoms with Crippen molar-refractivity contribution in [3.8, 4) is 0 Å². The number of hydrogen-bond acceptors (Lipinski definition) is 4. The number of anilines is 2. The van der Waals surface area contributed by atoms with E-state index in [2.05, 4.69) is 15.5 Å². The number of amides is 4. The van der Waals surface area contributed by atoms with Crippen molar-refractivity contribution < 1.29 is 14.4 Å². The van der Waals surface area contributed by atoms with E-state index in [-0.39, 0.29) is 6.54 Å². The minimum absolute atomic E-state index is 0.320. The lowest BCUT2D eigenvalue weighted by Gasteiger charge is -2.28. The van der Waals surface area contributed by atoms with Gasteiger partial charge in [-0.2, -0.15) is 0 Å². The van der Waals surface area contributed by atoms with Gasteiger partial charge in [-0.3, -0.25) is 14.5 Å². The van der Waals surface area contributed by atoms with Crippen LogP contribution in [0.5, 0.6) is 0 Å². The second-order valence-electron chi connectivity index (χ2n) is 9.43. The molecule has 1 atom stereocenters. The van der Waals surface area contributed by atoms with Gasteiger partial charge in [-0.25, -0.2) is 4.79 Å². The summed E-state index contributed by atoms with van der Waals surface area (Å²) in [6, 6.07) is 13.2. The van der Waals surface area contributed by atoms with Crippen LogP contribution in [0.3, 0.4) is 0 Å². The van der Waals surface area contributed by atoms with Crippen LogP contribution >= 0.6 is 0 Å². The Morgan fingerprint density at radius 1 is 0.970 bits per heavy atom. The molecule has 2 heterocycles. The highest BCUT2D eigenvalue weighted by atomic mass is 16.2. The zero-order chi connectivity index (χ0) is 23.0. The Balaban J connectivity index is 1.24. The van der Waals surface area contributed by atoms with Crippen molar-refractivity contribution in [1.82, 2.24) is 10.2 Å². The van der Waals surface area contributed by atoms with Crippen LogP contribution in [0.2, 0.25) is 0 Å². The summed E-state index contributed by atoms with van der Waals surface area (Å²) in [5.41, 5.74) is 3.94. The Kier molecular flexibility index (Phi) is 5.56. The highest BCUT2D eigenvalue weighted by Gasteiger charge is 2.49. The topological polar surface area (TPSA) is 81.8 Å². The molecule has 33 heavy (non-hydrogen) atoms. The van der Waals surface area contributed by atoms with E-state index in [0.29, 0.717) is 5.69 Å². The Labute approximate surface area is 194 Å². The average molecular weight is 447 g/mol. The van der Waals surface area contributed by atoms with Gasteiger partial charge in [0.15, 0.2) is 0 Å². The van der Waals surface area contributed by atoms with Crippen molar-refractivity contribution in [3.63, 3.8) is 0 Å². The molecule has 0 saturated carbocycles. The lowest BCUT2D eigenvalue weighted by molar-refractivity contribution is -0.133. The fraction of sp³-hybridized carbons (Fsp3) is 0.423. The van der Waals surface area contributed by atoms with Gasteiger partial charge in [-0.1, -0.05) is 18.2 Å². The monoisotopic (exact) mass is 446 g/mol. The molecule has 0 spiro atoms. The summed E-state index contributed by atoms with van der Waals surface area (Å²) in [5.74, 6) is -0.802. The molecule has 0 bridgehead atoms. The van der Waals surface area contributed by atoms with Gasteiger partial charge in [0.1, 0.15) is 12.1 Å². The van der Waals surface area contributed by atoms with Crippen molar-refractivity contribution in [1.29, 1.82) is 0 Å². The number of urea groups is 1. The van der Waals surface area contributed by atoms with Crippen LogP contribution in [0, 0.1) is 0 Å². The van der Waals surface area contributed by atoms with Crippen molar-refractivity contribution >= 4 is 29.2 Å². The largest absolute Gasteiger partial charge is 0.372 e. The molecule has 7 nitrogen and oxygen atoms in total. The number of aryl methyl sites for hydroxylation is 2. The first-order valence-electron chi connectivity index (χ1n) is 11.9. The molecule has 2 fully saturated rings. The van der Waals surface area contributed by atoms with Gasteiger partial charge < -0.3 is 15.5 Å². The number of fused-ring (bicyclic) bond motifs is 1. The fourth-order valence-corrected chi connectivity index (χ4v) is 5.17. The number of nitrogens with zero attached hydrogens (tertiary/aromatic N) is 2. The zero-order valence-corrected chi connectivity index (χ0v) is 19.0. The third kappa shape index (κ3) is 4.08. The van der Waals surface area contributed by atoms with Gasteiger partial charge in [-0.15, -0.1) is 0 Å². The molecule has 2 N–H and O–H groups in total. The summed E-state index contributed by atoms with van der Waals surface area (Å²) in [5, 5.41) is 5.61. The minimum atomic E-state index is -1.16. The number of hydrogen-bond donors (Lipinski definition) is 2. The molecule has 5 rings (SSSR count). The maximum atomic E-state index is 13.2. The van der Waals surface area contributed by atoms with E-state index in [0.717, 1.165) is 48.5 Å². The van der Waals surface area contributed by atoms with Crippen LogP contribution < -0.4 is 15.5 Å². The molecule has 2 aromatic carbocycles. The number of carbonyl (C=O) groups is 3. The standard InChI is InChI=1S/C26H30N4O3/c1-26(20-9-8-18-6-5-7-19(18)16-20)24(32)30(25(33)28-26)17-23(31)27-21-10-12-22(13-11-21)29-14-3-2-4-15-29/h8-13,16H,2-7,14-15,17H2,1H3,(H,27,31)(H,28,33). The van der Waals surface area contributed by atoms with Crippen LogP contribution in [-0.4, -0.2) is 42.4 Å². The van der Waals surface area contributed by atoms with Crippen LogP contribution in [0.1, 0.15) is 49.3 Å². The Morgan fingerprint density at radius 3 is 2.45 bits per heavy atom. The van der Waals surface area contributed by atoms with Gasteiger partial charge in [0.25, 0.3) is 5.91 Å². The molecule has 172 valence electrons. The number of imide groups is 1. The quantitative estimate of drug-likeness (QED) is 0.688. The van der Waals surface area contributed by atoms with E-state index >= 15 is 0 Å². The Bertz CT molecular complexity index is 1090. The first-order chi connectivity index (χ1) is 15.9. The predicted molar refractivity (Wildman–Crippen MR) is 127 cm³/mol. The summed E-state index contributed by atoms with van der Waals surface area (Å²) in [4.78, 5) is 41.8. The third-order valence-electron chi connectivity index (χ3n) is 7.12.